The van der Waals surface area contributed by atoms with Crippen molar-refractivity contribution in [1.29, 1.82) is 0 Å². The fourth-order valence-corrected chi connectivity index (χ4v) is 10.0. The van der Waals surface area contributed by atoms with Crippen molar-refractivity contribution in [2.75, 3.05) is 0 Å². The third kappa shape index (κ3) is 7.78. The molecule has 0 saturated heterocycles. The van der Waals surface area contributed by atoms with Gasteiger partial charge < -0.3 is 0 Å². The molecule has 2 nitrogen and oxygen atoms in total. The Labute approximate surface area is 407 Å². The first-order chi connectivity index (χ1) is 34.6. The second kappa shape index (κ2) is 17.4. The molecule has 0 aliphatic heterocycles. The molecule has 0 radical (unpaired) electrons. The van der Waals surface area contributed by atoms with E-state index < -0.39 is 0 Å². The van der Waals surface area contributed by atoms with Crippen molar-refractivity contribution in [1.82, 2.24) is 9.97 Å². The lowest BCUT2D eigenvalue weighted by Gasteiger charge is -2.13. The van der Waals surface area contributed by atoms with Crippen molar-refractivity contribution in [3.05, 3.63) is 267 Å². The quantitative estimate of drug-likeness (QED) is 0.142. The van der Waals surface area contributed by atoms with Crippen molar-refractivity contribution in [3.63, 3.8) is 0 Å². The molecule has 0 N–H and O–H groups in total. The Hall–Kier alpha value is -9.24. The second-order valence-electron chi connectivity index (χ2n) is 18.2. The monoisotopic (exact) mass is 888 g/mol. The molecule has 0 aliphatic carbocycles. The number of hydrogen-bond donors (Lipinski definition) is 0. The van der Waals surface area contributed by atoms with Crippen LogP contribution < -0.4 is 0 Å². The molecule has 13 rings (SSSR count). The minimum absolute atomic E-state index is 0.705. The molecule has 0 amide bonds. The average molecular weight is 889 g/mol. The molecule has 2 heteroatoms. The van der Waals surface area contributed by atoms with Crippen LogP contribution in [0, 0.1) is 0 Å². The second-order valence-corrected chi connectivity index (χ2v) is 18.2. The van der Waals surface area contributed by atoms with Gasteiger partial charge in [-0.1, -0.05) is 237 Å². The highest BCUT2D eigenvalue weighted by atomic mass is 14.9. The largest absolute Gasteiger partial charge is 0.227 e. The van der Waals surface area contributed by atoms with E-state index >= 15 is 0 Å². The summed E-state index contributed by atoms with van der Waals surface area (Å²) in [7, 11) is 0. The van der Waals surface area contributed by atoms with Crippen LogP contribution in [0.15, 0.2) is 267 Å². The maximum absolute atomic E-state index is 5.32. The molecular weight excluding hydrogens is 845 g/mol. The molecule has 1 aromatic heterocycles. The van der Waals surface area contributed by atoms with Gasteiger partial charge in [0, 0.05) is 21.9 Å². The Morgan fingerprint density at radius 3 is 1.01 bits per heavy atom. The van der Waals surface area contributed by atoms with Gasteiger partial charge in [0.1, 0.15) is 0 Å². The van der Waals surface area contributed by atoms with Crippen LogP contribution in [0.1, 0.15) is 0 Å². The zero-order chi connectivity index (χ0) is 46.4. The van der Waals surface area contributed by atoms with Gasteiger partial charge in [0.25, 0.3) is 0 Å². The van der Waals surface area contributed by atoms with Crippen molar-refractivity contribution in [3.8, 4) is 89.4 Å². The van der Waals surface area contributed by atoms with Crippen LogP contribution in [0.3, 0.4) is 0 Å². The highest BCUT2D eigenvalue weighted by Gasteiger charge is 2.15. The zero-order valence-electron chi connectivity index (χ0n) is 38.3. The maximum atomic E-state index is 5.32. The van der Waals surface area contributed by atoms with Gasteiger partial charge in [0.15, 0.2) is 5.82 Å². The van der Waals surface area contributed by atoms with E-state index in [1.807, 2.05) is 0 Å². The topological polar surface area (TPSA) is 25.8 Å². The molecule has 0 saturated carbocycles. The van der Waals surface area contributed by atoms with Gasteiger partial charge in [0.2, 0.25) is 0 Å². The van der Waals surface area contributed by atoms with Gasteiger partial charge in [-0.15, -0.1) is 0 Å². The van der Waals surface area contributed by atoms with E-state index in [9.17, 15) is 0 Å². The van der Waals surface area contributed by atoms with Crippen molar-refractivity contribution < 1.29 is 0 Å². The molecule has 13 aromatic rings. The Bertz CT molecular complexity index is 4080. The standard InChI is InChI=1S/C68H44N2/c1-3-12-56-43-62(37-31-45(56)9-1)60-16-7-14-58(41-60)51-23-19-47(20-24-51)49-27-33-54(34-28-49)66-65-40-39-53-11-5-6-18-64(53)67(65)70-68(69-66)55-35-29-50(30-36-55)48-21-25-52(26-22-48)59-15-8-17-61(42-59)63-38-32-46-10-2-4-13-57(46)44-63/h1-44H. The predicted molar refractivity (Wildman–Crippen MR) is 296 cm³/mol. The van der Waals surface area contributed by atoms with Gasteiger partial charge in [0.05, 0.1) is 11.2 Å². The van der Waals surface area contributed by atoms with Gasteiger partial charge >= 0.3 is 0 Å². The molecule has 0 fully saturated rings. The number of nitrogens with zero attached hydrogens (tertiary/aromatic N) is 2. The minimum Gasteiger partial charge on any atom is -0.227 e. The number of hydrogen-bond acceptors (Lipinski definition) is 2. The van der Waals surface area contributed by atoms with E-state index in [0.29, 0.717) is 5.82 Å². The average Bonchev–Trinajstić information content (AvgIpc) is 3.45. The molecule has 12 aromatic carbocycles. The summed E-state index contributed by atoms with van der Waals surface area (Å²) >= 11 is 0. The van der Waals surface area contributed by atoms with E-state index in [0.717, 1.165) is 55.2 Å². The first kappa shape index (κ1) is 41.0. The summed E-state index contributed by atoms with van der Waals surface area (Å²) in [6.45, 7) is 0. The van der Waals surface area contributed by atoms with Crippen LogP contribution >= 0.6 is 0 Å². The molecule has 0 atom stereocenters. The Balaban J connectivity index is 0.772. The maximum Gasteiger partial charge on any atom is 0.160 e. The number of benzene rings is 12. The number of aromatic nitrogens is 2. The summed E-state index contributed by atoms with van der Waals surface area (Å²) in [5.74, 6) is 0.705. The van der Waals surface area contributed by atoms with Gasteiger partial charge in [-0.2, -0.15) is 0 Å². The molecular formula is C68H44N2. The summed E-state index contributed by atoms with van der Waals surface area (Å²) in [6, 6.07) is 96.2. The van der Waals surface area contributed by atoms with Crippen LogP contribution in [-0.2, 0) is 0 Å². The Kier molecular flexibility index (Phi) is 10.2. The Morgan fingerprint density at radius 1 is 0.186 bits per heavy atom. The van der Waals surface area contributed by atoms with E-state index in [4.69, 9.17) is 9.97 Å². The summed E-state index contributed by atoms with van der Waals surface area (Å²) in [5, 5.41) is 8.32. The van der Waals surface area contributed by atoms with Crippen LogP contribution in [0.5, 0.6) is 0 Å². The summed E-state index contributed by atoms with van der Waals surface area (Å²) in [5.41, 5.74) is 18.2. The third-order valence-corrected chi connectivity index (χ3v) is 13.9. The van der Waals surface area contributed by atoms with Gasteiger partial charge in [-0.25, -0.2) is 9.97 Å². The molecule has 1 heterocycles. The fourth-order valence-electron chi connectivity index (χ4n) is 10.0. The van der Waals surface area contributed by atoms with E-state index in [2.05, 4.69) is 267 Å². The fraction of sp³-hybridized carbons (Fsp3) is 0. The zero-order valence-corrected chi connectivity index (χ0v) is 38.3. The highest BCUT2D eigenvalue weighted by molar-refractivity contribution is 6.10. The van der Waals surface area contributed by atoms with Crippen LogP contribution in [0.25, 0.3) is 133 Å². The predicted octanol–water partition coefficient (Wildman–Crippen LogP) is 18.4. The van der Waals surface area contributed by atoms with Crippen molar-refractivity contribution >= 4 is 43.2 Å². The third-order valence-electron chi connectivity index (χ3n) is 13.9. The van der Waals surface area contributed by atoms with E-state index in [1.165, 1.54) is 71.6 Å². The molecule has 70 heavy (non-hydrogen) atoms. The molecule has 0 bridgehead atoms. The lowest BCUT2D eigenvalue weighted by molar-refractivity contribution is 1.23. The molecule has 0 unspecified atom stereocenters. The normalized spacial score (nSPS) is 11.4. The highest BCUT2D eigenvalue weighted by Crippen LogP contribution is 2.37. The van der Waals surface area contributed by atoms with Crippen LogP contribution in [0.4, 0.5) is 0 Å². The first-order valence-electron chi connectivity index (χ1n) is 23.9. The Morgan fingerprint density at radius 2 is 0.529 bits per heavy atom. The van der Waals surface area contributed by atoms with Crippen LogP contribution in [0.2, 0.25) is 0 Å². The van der Waals surface area contributed by atoms with E-state index in [1.54, 1.807) is 0 Å². The lowest BCUT2D eigenvalue weighted by atomic mass is 9.95. The summed E-state index contributed by atoms with van der Waals surface area (Å²) in [6.07, 6.45) is 0. The van der Waals surface area contributed by atoms with E-state index in [-0.39, 0.29) is 0 Å². The van der Waals surface area contributed by atoms with Gasteiger partial charge in [-0.05, 0) is 124 Å². The number of rotatable bonds is 8. The smallest absolute Gasteiger partial charge is 0.160 e. The van der Waals surface area contributed by atoms with Crippen molar-refractivity contribution in [2.24, 2.45) is 0 Å². The summed E-state index contributed by atoms with van der Waals surface area (Å²) < 4.78 is 0. The van der Waals surface area contributed by atoms with Gasteiger partial charge in [-0.3, -0.25) is 0 Å². The first-order valence-corrected chi connectivity index (χ1v) is 23.9. The lowest BCUT2D eigenvalue weighted by Crippen LogP contribution is -1.96. The molecule has 326 valence electrons. The SMILES string of the molecule is c1cc(-c2ccc(-c3ccc(-c4nc(-c5ccc(-c6ccc(-c7cccc(-c8ccc9ccccc9c8)c7)cc6)cc5)c5ccc6ccccc6c5n4)cc3)cc2)cc(-c2ccc3ccccc3c2)c1. The molecule has 0 aliphatic rings. The van der Waals surface area contributed by atoms with Crippen molar-refractivity contribution in [2.45, 2.75) is 0 Å². The number of fused-ring (bicyclic) bond motifs is 5. The minimum atomic E-state index is 0.705. The van der Waals surface area contributed by atoms with Crippen LogP contribution in [-0.4, -0.2) is 9.97 Å². The summed E-state index contributed by atoms with van der Waals surface area (Å²) in [4.78, 5) is 10.6. The molecule has 0 spiro atoms.